The van der Waals surface area contributed by atoms with Gasteiger partial charge in [0.25, 0.3) is 0 Å². The molecule has 0 radical (unpaired) electrons. The first-order valence-corrected chi connectivity index (χ1v) is 4.75. The molecule has 3 nitrogen and oxygen atoms in total. The largest absolute Gasteiger partial charge is 0.398 e. The maximum atomic E-state index is 8.94. The Morgan fingerprint density at radius 3 is 2.64 bits per heavy atom. The highest BCUT2D eigenvalue weighted by molar-refractivity contribution is 7.17. The van der Waals surface area contributed by atoms with E-state index in [1.165, 1.54) is 11.3 Å². The first-order chi connectivity index (χ1) is 6.77. The zero-order valence-corrected chi connectivity index (χ0v) is 7.93. The number of rotatable bonds is 0. The molecule has 0 aliphatic carbocycles. The Balaban J connectivity index is 2.99. The smallest absolute Gasteiger partial charge is 0.101 e. The Morgan fingerprint density at radius 2 is 2.00 bits per heavy atom. The van der Waals surface area contributed by atoms with Crippen LogP contribution >= 0.6 is 11.3 Å². The van der Waals surface area contributed by atoms with Crippen molar-refractivity contribution in [1.82, 2.24) is 0 Å². The van der Waals surface area contributed by atoms with Gasteiger partial charge < -0.3 is 5.73 Å². The number of hydrogen-bond acceptors (Lipinski definition) is 4. The molecule has 0 amide bonds. The van der Waals surface area contributed by atoms with Crippen molar-refractivity contribution in [2.75, 3.05) is 5.73 Å². The minimum absolute atomic E-state index is 0.378. The number of anilines is 1. The van der Waals surface area contributed by atoms with E-state index in [-0.39, 0.29) is 0 Å². The van der Waals surface area contributed by atoms with Crippen molar-refractivity contribution in [3.8, 4) is 12.1 Å². The standard InChI is InChI=1S/C10H5N3S/c11-3-6-1-2-9-10(7(6)4-12)8(13)5-14-9/h1-2,5H,13H2. The van der Waals surface area contributed by atoms with Crippen LogP contribution in [0.25, 0.3) is 10.1 Å². The average Bonchev–Trinajstić information content (AvgIpc) is 2.59. The number of nitrogens with two attached hydrogens (primary N) is 1. The van der Waals surface area contributed by atoms with Gasteiger partial charge in [0.1, 0.15) is 12.1 Å². The van der Waals surface area contributed by atoms with E-state index >= 15 is 0 Å². The molecule has 0 spiro atoms. The lowest BCUT2D eigenvalue weighted by Crippen LogP contribution is -1.88. The van der Waals surface area contributed by atoms with E-state index in [0.29, 0.717) is 22.2 Å². The summed E-state index contributed by atoms with van der Waals surface area (Å²) in [6.45, 7) is 0. The summed E-state index contributed by atoms with van der Waals surface area (Å²) in [5.74, 6) is 0. The van der Waals surface area contributed by atoms with Crippen LogP contribution in [0.2, 0.25) is 0 Å². The van der Waals surface area contributed by atoms with E-state index in [9.17, 15) is 0 Å². The summed E-state index contributed by atoms with van der Waals surface area (Å²) >= 11 is 1.48. The van der Waals surface area contributed by atoms with Crippen molar-refractivity contribution in [2.45, 2.75) is 0 Å². The Kier molecular flexibility index (Phi) is 1.85. The van der Waals surface area contributed by atoms with Crippen LogP contribution in [-0.4, -0.2) is 0 Å². The Bertz CT molecular complexity index is 584. The number of nitrogen functional groups attached to an aromatic ring is 1. The van der Waals surface area contributed by atoms with Crippen molar-refractivity contribution < 1.29 is 0 Å². The second-order valence-electron chi connectivity index (χ2n) is 2.78. The molecule has 0 saturated heterocycles. The van der Waals surface area contributed by atoms with Crippen molar-refractivity contribution in [3.05, 3.63) is 28.6 Å². The molecule has 14 heavy (non-hydrogen) atoms. The molecule has 1 aromatic carbocycles. The van der Waals surface area contributed by atoms with Gasteiger partial charge in [0, 0.05) is 15.5 Å². The normalized spacial score (nSPS) is 9.57. The highest BCUT2D eigenvalue weighted by Crippen LogP contribution is 2.32. The van der Waals surface area contributed by atoms with Crippen molar-refractivity contribution in [1.29, 1.82) is 10.5 Å². The average molecular weight is 199 g/mol. The van der Waals surface area contributed by atoms with E-state index in [4.69, 9.17) is 16.3 Å². The Labute approximate surface area is 84.6 Å². The predicted molar refractivity (Wildman–Crippen MR) is 55.7 cm³/mol. The molecule has 2 rings (SSSR count). The van der Waals surface area contributed by atoms with Gasteiger partial charge in [-0.3, -0.25) is 0 Å². The molecular weight excluding hydrogens is 194 g/mol. The van der Waals surface area contributed by atoms with Crippen LogP contribution in [0, 0.1) is 22.7 Å². The molecule has 1 heterocycles. The second-order valence-corrected chi connectivity index (χ2v) is 3.69. The summed E-state index contributed by atoms with van der Waals surface area (Å²) in [7, 11) is 0. The van der Waals surface area contributed by atoms with Crippen molar-refractivity contribution >= 4 is 27.1 Å². The maximum absolute atomic E-state index is 8.94. The van der Waals surface area contributed by atoms with Crippen LogP contribution in [-0.2, 0) is 0 Å². The summed E-state index contributed by atoms with van der Waals surface area (Å²) in [6.07, 6.45) is 0. The summed E-state index contributed by atoms with van der Waals surface area (Å²) in [5.41, 5.74) is 7.05. The highest BCUT2D eigenvalue weighted by atomic mass is 32.1. The number of hydrogen-bond donors (Lipinski definition) is 1. The van der Waals surface area contributed by atoms with Crippen LogP contribution < -0.4 is 5.73 Å². The van der Waals surface area contributed by atoms with Crippen LogP contribution in [0.5, 0.6) is 0 Å². The van der Waals surface area contributed by atoms with Gasteiger partial charge in [-0.1, -0.05) is 0 Å². The lowest BCUT2D eigenvalue weighted by atomic mass is 10.0. The number of benzene rings is 1. The molecule has 0 atom stereocenters. The zero-order chi connectivity index (χ0) is 10.1. The van der Waals surface area contributed by atoms with Gasteiger partial charge in [0.05, 0.1) is 16.8 Å². The third kappa shape index (κ3) is 1.02. The molecule has 0 aliphatic rings. The van der Waals surface area contributed by atoms with Gasteiger partial charge in [-0.2, -0.15) is 10.5 Å². The molecular formula is C10H5N3S. The number of nitriles is 2. The van der Waals surface area contributed by atoms with Crippen LogP contribution in [0.1, 0.15) is 11.1 Å². The van der Waals surface area contributed by atoms with Crippen LogP contribution in [0.4, 0.5) is 5.69 Å². The van der Waals surface area contributed by atoms with E-state index < -0.39 is 0 Å². The zero-order valence-electron chi connectivity index (χ0n) is 7.11. The summed E-state index contributed by atoms with van der Waals surface area (Å²) < 4.78 is 0.943. The predicted octanol–water partition coefficient (Wildman–Crippen LogP) is 2.23. The molecule has 0 aliphatic heterocycles. The van der Waals surface area contributed by atoms with E-state index in [2.05, 4.69) is 0 Å². The minimum atomic E-state index is 0.378. The lowest BCUT2D eigenvalue weighted by Gasteiger charge is -1.97. The van der Waals surface area contributed by atoms with Gasteiger partial charge in [0.2, 0.25) is 0 Å². The van der Waals surface area contributed by atoms with E-state index in [0.717, 1.165) is 4.70 Å². The maximum Gasteiger partial charge on any atom is 0.101 e. The van der Waals surface area contributed by atoms with Crippen LogP contribution in [0.3, 0.4) is 0 Å². The number of thiophene rings is 1. The molecule has 2 N–H and O–H groups in total. The van der Waals surface area contributed by atoms with Gasteiger partial charge in [-0.05, 0) is 12.1 Å². The minimum Gasteiger partial charge on any atom is -0.398 e. The van der Waals surface area contributed by atoms with Crippen molar-refractivity contribution in [2.24, 2.45) is 0 Å². The lowest BCUT2D eigenvalue weighted by molar-refractivity contribution is 1.46. The number of fused-ring (bicyclic) bond motifs is 1. The molecule has 2 aromatic rings. The quantitative estimate of drug-likeness (QED) is 0.707. The Hall–Kier alpha value is -2.04. The monoisotopic (exact) mass is 199 g/mol. The Morgan fingerprint density at radius 1 is 1.21 bits per heavy atom. The SMILES string of the molecule is N#Cc1ccc2scc(N)c2c1C#N. The van der Waals surface area contributed by atoms with Crippen molar-refractivity contribution in [3.63, 3.8) is 0 Å². The van der Waals surface area contributed by atoms with E-state index in [1.807, 2.05) is 18.2 Å². The summed E-state index contributed by atoms with van der Waals surface area (Å²) in [5, 5.41) is 20.2. The highest BCUT2D eigenvalue weighted by Gasteiger charge is 2.10. The molecule has 1 aromatic heterocycles. The van der Waals surface area contributed by atoms with Gasteiger partial charge in [0.15, 0.2) is 0 Å². The summed E-state index contributed by atoms with van der Waals surface area (Å²) in [4.78, 5) is 0. The van der Waals surface area contributed by atoms with Gasteiger partial charge >= 0.3 is 0 Å². The summed E-state index contributed by atoms with van der Waals surface area (Å²) in [6, 6.07) is 7.47. The third-order valence-corrected chi connectivity index (χ3v) is 2.97. The molecule has 0 fully saturated rings. The first kappa shape index (κ1) is 8.55. The fraction of sp³-hybridized carbons (Fsp3) is 0. The fourth-order valence-electron chi connectivity index (χ4n) is 1.36. The second kappa shape index (κ2) is 3.02. The van der Waals surface area contributed by atoms with Gasteiger partial charge in [-0.25, -0.2) is 0 Å². The van der Waals surface area contributed by atoms with E-state index in [1.54, 1.807) is 11.4 Å². The third-order valence-electron chi connectivity index (χ3n) is 2.00. The first-order valence-electron chi connectivity index (χ1n) is 3.88. The molecule has 0 saturated carbocycles. The molecule has 0 unspecified atom stereocenters. The molecule has 66 valence electrons. The molecule has 0 bridgehead atoms. The van der Waals surface area contributed by atoms with Crippen LogP contribution in [0.15, 0.2) is 17.5 Å². The molecule has 4 heteroatoms. The topological polar surface area (TPSA) is 73.6 Å². The van der Waals surface area contributed by atoms with Gasteiger partial charge in [-0.15, -0.1) is 11.3 Å². The fourth-order valence-corrected chi connectivity index (χ4v) is 2.22. The number of nitrogens with zero attached hydrogens (tertiary/aromatic N) is 2.